The average Bonchev–Trinajstić information content (AvgIpc) is 3.03. The second kappa shape index (κ2) is 6.76. The summed E-state index contributed by atoms with van der Waals surface area (Å²) in [5, 5.41) is 7.87. The fourth-order valence-corrected chi connectivity index (χ4v) is 2.97. The number of benzene rings is 1. The molecule has 4 nitrogen and oxygen atoms in total. The lowest BCUT2D eigenvalue weighted by atomic mass is 9.93. The van der Waals surface area contributed by atoms with Gasteiger partial charge in [0.15, 0.2) is 0 Å². The minimum Gasteiger partial charge on any atom is -0.382 e. The lowest BCUT2D eigenvalue weighted by Crippen LogP contribution is -2.29. The summed E-state index contributed by atoms with van der Waals surface area (Å²) >= 11 is 0. The molecule has 0 atom stereocenters. The number of nitrogens with zero attached hydrogens (tertiary/aromatic N) is 2. The topological polar surface area (TPSA) is 39.1 Å². The van der Waals surface area contributed by atoms with Gasteiger partial charge in [-0.25, -0.2) is 0 Å². The van der Waals surface area contributed by atoms with Crippen molar-refractivity contribution in [1.82, 2.24) is 9.78 Å². The van der Waals surface area contributed by atoms with E-state index in [9.17, 15) is 0 Å². The Bertz CT molecular complexity index is 528. The fraction of sp³-hybridized carbons (Fsp3) is 0.471. The molecule has 112 valence electrons. The van der Waals surface area contributed by atoms with Gasteiger partial charge in [0, 0.05) is 31.2 Å². The third kappa shape index (κ3) is 3.85. The Kier molecular flexibility index (Phi) is 4.55. The molecule has 0 saturated heterocycles. The van der Waals surface area contributed by atoms with Crippen molar-refractivity contribution in [2.24, 2.45) is 0 Å². The van der Waals surface area contributed by atoms with Gasteiger partial charge < -0.3 is 10.1 Å². The summed E-state index contributed by atoms with van der Waals surface area (Å²) in [4.78, 5) is 0. The number of rotatable bonds is 5. The van der Waals surface area contributed by atoms with E-state index in [1.54, 1.807) is 0 Å². The van der Waals surface area contributed by atoms with Crippen LogP contribution in [-0.2, 0) is 11.3 Å². The van der Waals surface area contributed by atoms with E-state index in [2.05, 4.69) is 34.7 Å². The Labute approximate surface area is 126 Å². The lowest BCUT2D eigenvalue weighted by molar-refractivity contribution is 0.0682. The quantitative estimate of drug-likeness (QED) is 0.916. The first-order chi connectivity index (χ1) is 10.3. The highest BCUT2D eigenvalue weighted by Crippen LogP contribution is 2.24. The largest absolute Gasteiger partial charge is 0.382 e. The van der Waals surface area contributed by atoms with E-state index in [0.29, 0.717) is 12.1 Å². The van der Waals surface area contributed by atoms with E-state index in [-0.39, 0.29) is 0 Å². The fourth-order valence-electron chi connectivity index (χ4n) is 2.97. The Morgan fingerprint density at radius 3 is 2.57 bits per heavy atom. The zero-order chi connectivity index (χ0) is 14.5. The Morgan fingerprint density at radius 1 is 1.19 bits per heavy atom. The normalized spacial score (nSPS) is 22.1. The SMILES string of the molecule is COC1CCC(Nc2ccc(Cn3cccn3)cc2)CC1. The van der Waals surface area contributed by atoms with Crippen molar-refractivity contribution in [2.45, 2.75) is 44.4 Å². The average molecular weight is 285 g/mol. The molecule has 4 heteroatoms. The first-order valence-corrected chi connectivity index (χ1v) is 7.69. The van der Waals surface area contributed by atoms with Crippen LogP contribution in [0.4, 0.5) is 5.69 Å². The van der Waals surface area contributed by atoms with Crippen LogP contribution in [0.5, 0.6) is 0 Å². The van der Waals surface area contributed by atoms with Crippen LogP contribution in [0.3, 0.4) is 0 Å². The van der Waals surface area contributed by atoms with Gasteiger partial charge in [0.1, 0.15) is 0 Å². The minimum atomic E-state index is 0.458. The van der Waals surface area contributed by atoms with Crippen molar-refractivity contribution in [3.8, 4) is 0 Å². The van der Waals surface area contributed by atoms with Crippen LogP contribution in [0.1, 0.15) is 31.2 Å². The third-order valence-corrected chi connectivity index (χ3v) is 4.24. The van der Waals surface area contributed by atoms with Crippen LogP contribution in [0, 0.1) is 0 Å². The van der Waals surface area contributed by atoms with Gasteiger partial charge in [-0.05, 0) is 49.4 Å². The van der Waals surface area contributed by atoms with Crippen LogP contribution in [0.15, 0.2) is 42.7 Å². The number of nitrogens with one attached hydrogen (secondary N) is 1. The van der Waals surface area contributed by atoms with E-state index in [0.717, 1.165) is 19.4 Å². The van der Waals surface area contributed by atoms with Gasteiger partial charge in [-0.15, -0.1) is 0 Å². The zero-order valence-electron chi connectivity index (χ0n) is 12.5. The monoisotopic (exact) mass is 285 g/mol. The van der Waals surface area contributed by atoms with Crippen molar-refractivity contribution >= 4 is 5.69 Å². The van der Waals surface area contributed by atoms with E-state index >= 15 is 0 Å². The number of methoxy groups -OCH3 is 1. The molecule has 21 heavy (non-hydrogen) atoms. The molecule has 2 aromatic rings. The van der Waals surface area contributed by atoms with Gasteiger partial charge in [-0.3, -0.25) is 4.68 Å². The highest BCUT2D eigenvalue weighted by molar-refractivity contribution is 5.45. The van der Waals surface area contributed by atoms with Crippen LogP contribution in [-0.4, -0.2) is 29.0 Å². The standard InChI is InChI=1S/C17H23N3O/c1-21-17-9-7-16(8-10-17)19-15-5-3-14(4-6-15)13-20-12-2-11-18-20/h2-6,11-12,16-17,19H,7-10,13H2,1H3. The van der Waals surface area contributed by atoms with Crippen LogP contribution in [0.2, 0.25) is 0 Å². The molecule has 0 bridgehead atoms. The van der Waals surface area contributed by atoms with Crippen molar-refractivity contribution in [2.75, 3.05) is 12.4 Å². The number of anilines is 1. The predicted molar refractivity (Wildman–Crippen MR) is 84.4 cm³/mol. The number of hydrogen-bond acceptors (Lipinski definition) is 3. The minimum absolute atomic E-state index is 0.458. The smallest absolute Gasteiger partial charge is 0.0659 e. The molecule has 1 saturated carbocycles. The second-order valence-electron chi connectivity index (χ2n) is 5.75. The Morgan fingerprint density at radius 2 is 1.95 bits per heavy atom. The molecule has 0 radical (unpaired) electrons. The second-order valence-corrected chi connectivity index (χ2v) is 5.75. The van der Waals surface area contributed by atoms with Gasteiger partial charge in [0.2, 0.25) is 0 Å². The highest BCUT2D eigenvalue weighted by atomic mass is 16.5. The lowest BCUT2D eigenvalue weighted by Gasteiger charge is -2.29. The highest BCUT2D eigenvalue weighted by Gasteiger charge is 2.20. The Hall–Kier alpha value is -1.81. The molecule has 0 amide bonds. The maximum atomic E-state index is 5.42. The zero-order valence-corrected chi connectivity index (χ0v) is 12.5. The maximum Gasteiger partial charge on any atom is 0.0659 e. The molecule has 0 aliphatic heterocycles. The molecule has 1 N–H and O–H groups in total. The molecule has 0 unspecified atom stereocenters. The summed E-state index contributed by atoms with van der Waals surface area (Å²) in [7, 11) is 1.82. The summed E-state index contributed by atoms with van der Waals surface area (Å²) < 4.78 is 7.36. The molecular weight excluding hydrogens is 262 g/mol. The molecule has 1 heterocycles. The molecule has 3 rings (SSSR count). The summed E-state index contributed by atoms with van der Waals surface area (Å²) in [6, 6.07) is 11.2. The van der Waals surface area contributed by atoms with Crippen LogP contribution in [0.25, 0.3) is 0 Å². The van der Waals surface area contributed by atoms with Gasteiger partial charge >= 0.3 is 0 Å². The van der Waals surface area contributed by atoms with Crippen LogP contribution >= 0.6 is 0 Å². The van der Waals surface area contributed by atoms with Crippen molar-refractivity contribution in [3.63, 3.8) is 0 Å². The molecule has 1 aliphatic carbocycles. The van der Waals surface area contributed by atoms with Gasteiger partial charge in [0.25, 0.3) is 0 Å². The number of ether oxygens (including phenoxy) is 1. The van der Waals surface area contributed by atoms with Gasteiger partial charge in [-0.2, -0.15) is 5.10 Å². The summed E-state index contributed by atoms with van der Waals surface area (Å²) in [5.74, 6) is 0. The summed E-state index contributed by atoms with van der Waals surface area (Å²) in [5.41, 5.74) is 2.48. The van der Waals surface area contributed by atoms with E-state index in [1.165, 1.54) is 24.1 Å². The van der Waals surface area contributed by atoms with Crippen molar-refractivity contribution < 1.29 is 4.74 Å². The molecule has 1 aromatic heterocycles. The molecule has 0 spiro atoms. The summed E-state index contributed by atoms with van der Waals surface area (Å²) in [6.45, 7) is 0.826. The first kappa shape index (κ1) is 14.1. The van der Waals surface area contributed by atoms with E-state index in [1.807, 2.05) is 30.3 Å². The van der Waals surface area contributed by atoms with E-state index in [4.69, 9.17) is 4.74 Å². The maximum absolute atomic E-state index is 5.42. The molecule has 1 aromatic carbocycles. The number of hydrogen-bond donors (Lipinski definition) is 1. The van der Waals surface area contributed by atoms with Gasteiger partial charge in [0.05, 0.1) is 12.6 Å². The summed E-state index contributed by atoms with van der Waals surface area (Å²) in [6.07, 6.45) is 8.95. The van der Waals surface area contributed by atoms with Gasteiger partial charge in [-0.1, -0.05) is 12.1 Å². The Balaban J connectivity index is 1.53. The van der Waals surface area contributed by atoms with Crippen molar-refractivity contribution in [1.29, 1.82) is 0 Å². The molecule has 1 aliphatic rings. The predicted octanol–water partition coefficient (Wildman–Crippen LogP) is 3.30. The van der Waals surface area contributed by atoms with Crippen LogP contribution < -0.4 is 5.32 Å². The number of aromatic nitrogens is 2. The third-order valence-electron chi connectivity index (χ3n) is 4.24. The first-order valence-electron chi connectivity index (χ1n) is 7.69. The van der Waals surface area contributed by atoms with Crippen molar-refractivity contribution in [3.05, 3.63) is 48.3 Å². The molecular formula is C17H23N3O. The molecule has 1 fully saturated rings. The van der Waals surface area contributed by atoms with E-state index < -0.39 is 0 Å².